The third-order valence-electron chi connectivity index (χ3n) is 2.62. The highest BCUT2D eigenvalue weighted by molar-refractivity contribution is 5.83. The van der Waals surface area contributed by atoms with Gasteiger partial charge in [-0.1, -0.05) is 0 Å². The van der Waals surface area contributed by atoms with Crippen molar-refractivity contribution in [3.05, 3.63) is 24.2 Å². The maximum Gasteiger partial charge on any atom is 0.326 e. The molecule has 0 aliphatic carbocycles. The molecule has 1 atom stereocenters. The van der Waals surface area contributed by atoms with Crippen molar-refractivity contribution >= 4 is 17.9 Å². The molecule has 0 aliphatic heterocycles. The number of carbonyl (C=O) groups is 3. The van der Waals surface area contributed by atoms with Gasteiger partial charge in [0.25, 0.3) is 0 Å². The number of nitrogens with one attached hydrogen (secondary N) is 1. The van der Waals surface area contributed by atoms with E-state index < -0.39 is 23.9 Å². The smallest absolute Gasteiger partial charge is 0.326 e. The molecule has 0 radical (unpaired) electrons. The Morgan fingerprint density at radius 1 is 1.50 bits per heavy atom. The Balaban J connectivity index is 2.52. The molecule has 1 aromatic heterocycles. The first-order valence-corrected chi connectivity index (χ1v) is 5.94. The predicted octanol–water partition coefficient (Wildman–Crippen LogP) is 0.140. The van der Waals surface area contributed by atoms with Crippen LogP contribution in [-0.2, 0) is 16.1 Å². The van der Waals surface area contributed by atoms with Gasteiger partial charge >= 0.3 is 12.0 Å². The van der Waals surface area contributed by atoms with Crippen LogP contribution in [0.3, 0.4) is 0 Å². The summed E-state index contributed by atoms with van der Waals surface area (Å²) in [5.41, 5.74) is 5.74. The van der Waals surface area contributed by atoms with E-state index in [0.29, 0.717) is 0 Å². The van der Waals surface area contributed by atoms with Crippen molar-refractivity contribution in [2.45, 2.75) is 25.4 Å². The van der Waals surface area contributed by atoms with Crippen molar-refractivity contribution in [3.8, 4) is 0 Å². The van der Waals surface area contributed by atoms with Crippen molar-refractivity contribution in [1.29, 1.82) is 0 Å². The second-order valence-corrected chi connectivity index (χ2v) is 4.33. The molecular formula is C12H17N3O5. The zero-order valence-corrected chi connectivity index (χ0v) is 11.0. The van der Waals surface area contributed by atoms with Gasteiger partial charge in [-0.25, -0.2) is 9.59 Å². The minimum atomic E-state index is -1.21. The third-order valence-corrected chi connectivity index (χ3v) is 2.62. The van der Waals surface area contributed by atoms with Gasteiger partial charge < -0.3 is 25.5 Å². The average molecular weight is 283 g/mol. The maximum absolute atomic E-state index is 11.8. The number of carbonyl (C=O) groups excluding carboxylic acids is 2. The summed E-state index contributed by atoms with van der Waals surface area (Å²) in [4.78, 5) is 34.8. The molecule has 20 heavy (non-hydrogen) atoms. The molecule has 0 aliphatic rings. The van der Waals surface area contributed by atoms with Crippen molar-refractivity contribution in [2.75, 3.05) is 7.05 Å². The SMILES string of the molecule is CN(Cc1ccoc1)C(=O)N[C@@H](CCC(N)=O)C(=O)O. The predicted molar refractivity (Wildman–Crippen MR) is 68.6 cm³/mol. The summed E-state index contributed by atoms with van der Waals surface area (Å²) in [6.07, 6.45) is 2.82. The molecule has 4 N–H and O–H groups in total. The summed E-state index contributed by atoms with van der Waals surface area (Å²) in [7, 11) is 1.52. The van der Waals surface area contributed by atoms with Gasteiger partial charge in [-0.05, 0) is 12.5 Å². The molecule has 0 fully saturated rings. The fraction of sp³-hybridized carbons (Fsp3) is 0.417. The van der Waals surface area contributed by atoms with E-state index in [1.165, 1.54) is 24.5 Å². The number of carboxylic acids is 1. The number of hydrogen-bond donors (Lipinski definition) is 3. The number of primary amides is 1. The standard InChI is InChI=1S/C12H17N3O5/c1-15(6-8-4-5-20-7-8)12(19)14-9(11(17)18)2-3-10(13)16/h4-5,7,9H,2-3,6H2,1H3,(H2,13,16)(H,14,19)(H,17,18)/t9-/m0/s1. The van der Waals surface area contributed by atoms with Crippen LogP contribution in [0.5, 0.6) is 0 Å². The van der Waals surface area contributed by atoms with Crippen LogP contribution >= 0.6 is 0 Å². The lowest BCUT2D eigenvalue weighted by atomic mass is 10.1. The first-order chi connectivity index (χ1) is 9.40. The maximum atomic E-state index is 11.8. The van der Waals surface area contributed by atoms with Crippen molar-refractivity contribution in [3.63, 3.8) is 0 Å². The lowest BCUT2D eigenvalue weighted by Crippen LogP contribution is -2.46. The molecule has 1 heterocycles. The normalized spacial score (nSPS) is 11.7. The number of urea groups is 1. The summed E-state index contributed by atoms with van der Waals surface area (Å²) in [6, 6.07) is -0.00388. The quantitative estimate of drug-likeness (QED) is 0.656. The largest absolute Gasteiger partial charge is 0.480 e. The van der Waals surface area contributed by atoms with Crippen molar-refractivity contribution in [2.24, 2.45) is 5.73 Å². The zero-order valence-electron chi connectivity index (χ0n) is 11.0. The van der Waals surface area contributed by atoms with Gasteiger partial charge in [-0.15, -0.1) is 0 Å². The molecule has 1 rings (SSSR count). The molecule has 1 aromatic rings. The fourth-order valence-corrected chi connectivity index (χ4v) is 1.53. The van der Waals surface area contributed by atoms with Gasteiger partial charge in [0, 0.05) is 19.0 Å². The number of nitrogens with two attached hydrogens (primary N) is 1. The van der Waals surface area contributed by atoms with E-state index in [4.69, 9.17) is 15.3 Å². The summed E-state index contributed by atoms with van der Waals surface area (Å²) in [5.74, 6) is -1.83. The summed E-state index contributed by atoms with van der Waals surface area (Å²) < 4.78 is 4.88. The Morgan fingerprint density at radius 3 is 2.70 bits per heavy atom. The van der Waals surface area contributed by atoms with Crippen LogP contribution in [0.2, 0.25) is 0 Å². The van der Waals surface area contributed by atoms with Crippen LogP contribution in [-0.4, -0.2) is 41.0 Å². The van der Waals surface area contributed by atoms with Gasteiger partial charge in [0.15, 0.2) is 0 Å². The van der Waals surface area contributed by atoms with E-state index in [-0.39, 0.29) is 19.4 Å². The Labute approximate surface area is 115 Å². The first kappa shape index (κ1) is 15.5. The molecular weight excluding hydrogens is 266 g/mol. The Bertz CT molecular complexity index is 471. The highest BCUT2D eigenvalue weighted by atomic mass is 16.4. The average Bonchev–Trinajstić information content (AvgIpc) is 2.86. The number of rotatable bonds is 7. The Kier molecular flexibility index (Phi) is 5.57. The Morgan fingerprint density at radius 2 is 2.20 bits per heavy atom. The molecule has 3 amide bonds. The van der Waals surface area contributed by atoms with Gasteiger partial charge in [0.1, 0.15) is 6.04 Å². The number of amides is 3. The van der Waals surface area contributed by atoms with E-state index in [2.05, 4.69) is 5.32 Å². The number of hydrogen-bond acceptors (Lipinski definition) is 4. The van der Waals surface area contributed by atoms with E-state index in [0.717, 1.165) is 5.56 Å². The summed E-state index contributed by atoms with van der Waals surface area (Å²) in [5, 5.41) is 11.3. The number of nitrogens with zero attached hydrogens (tertiary/aromatic N) is 1. The molecule has 110 valence electrons. The lowest BCUT2D eigenvalue weighted by molar-refractivity contribution is -0.139. The molecule has 0 bridgehead atoms. The molecule has 8 heteroatoms. The van der Waals surface area contributed by atoms with E-state index in [1.54, 1.807) is 6.07 Å². The van der Waals surface area contributed by atoms with Gasteiger partial charge in [0.05, 0.1) is 19.1 Å². The topological polar surface area (TPSA) is 126 Å². The zero-order chi connectivity index (χ0) is 15.1. The number of aliphatic carboxylic acids is 1. The highest BCUT2D eigenvalue weighted by Crippen LogP contribution is 2.05. The van der Waals surface area contributed by atoms with Crippen LogP contribution in [0.25, 0.3) is 0 Å². The number of furan rings is 1. The van der Waals surface area contributed by atoms with Crippen molar-refractivity contribution in [1.82, 2.24) is 10.2 Å². The van der Waals surface area contributed by atoms with E-state index in [1.807, 2.05) is 0 Å². The van der Waals surface area contributed by atoms with E-state index >= 15 is 0 Å². The number of carboxylic acid groups (broad SMARTS) is 1. The van der Waals surface area contributed by atoms with Gasteiger partial charge in [-0.3, -0.25) is 4.79 Å². The highest BCUT2D eigenvalue weighted by Gasteiger charge is 2.22. The molecule has 0 saturated heterocycles. The van der Waals surface area contributed by atoms with Crippen LogP contribution in [0.1, 0.15) is 18.4 Å². The van der Waals surface area contributed by atoms with Crippen LogP contribution in [0.4, 0.5) is 4.79 Å². The van der Waals surface area contributed by atoms with E-state index in [9.17, 15) is 14.4 Å². The molecule has 0 unspecified atom stereocenters. The van der Waals surface area contributed by atoms with Crippen molar-refractivity contribution < 1.29 is 23.9 Å². The summed E-state index contributed by atoms with van der Waals surface area (Å²) >= 11 is 0. The molecule has 8 nitrogen and oxygen atoms in total. The van der Waals surface area contributed by atoms with Gasteiger partial charge in [0.2, 0.25) is 5.91 Å². The fourth-order valence-electron chi connectivity index (χ4n) is 1.53. The second kappa shape index (κ2) is 7.17. The second-order valence-electron chi connectivity index (χ2n) is 4.33. The molecule has 0 saturated carbocycles. The molecule has 0 aromatic carbocycles. The monoisotopic (exact) mass is 283 g/mol. The van der Waals surface area contributed by atoms with Crippen LogP contribution < -0.4 is 11.1 Å². The summed E-state index contributed by atoms with van der Waals surface area (Å²) in [6.45, 7) is 0.282. The Hall–Kier alpha value is -2.51. The van der Waals surface area contributed by atoms with Gasteiger partial charge in [-0.2, -0.15) is 0 Å². The van der Waals surface area contributed by atoms with Crippen LogP contribution in [0, 0.1) is 0 Å². The molecule has 0 spiro atoms. The minimum Gasteiger partial charge on any atom is -0.480 e. The van der Waals surface area contributed by atoms with Crippen LogP contribution in [0.15, 0.2) is 23.0 Å². The third kappa shape index (κ3) is 5.01. The lowest BCUT2D eigenvalue weighted by Gasteiger charge is -2.20. The first-order valence-electron chi connectivity index (χ1n) is 5.94. The minimum absolute atomic E-state index is 0.0457.